The number of nitro benzene ring substituents is 1. The fourth-order valence-corrected chi connectivity index (χ4v) is 2.29. The van der Waals surface area contributed by atoms with E-state index in [0.717, 1.165) is 0 Å². The molecule has 110 valence electrons. The molecule has 1 aromatic carbocycles. The Labute approximate surface area is 127 Å². The van der Waals surface area contributed by atoms with Crippen molar-refractivity contribution in [1.82, 2.24) is 9.55 Å². The van der Waals surface area contributed by atoms with Gasteiger partial charge in [-0.25, -0.2) is 9.78 Å². The summed E-state index contributed by atoms with van der Waals surface area (Å²) in [7, 11) is 1.22. The van der Waals surface area contributed by atoms with Crippen LogP contribution in [0.15, 0.2) is 22.7 Å². The molecule has 8 nitrogen and oxygen atoms in total. The highest BCUT2D eigenvalue weighted by atomic mass is 79.9. The first-order valence-corrected chi connectivity index (χ1v) is 6.53. The highest BCUT2D eigenvalue weighted by Gasteiger charge is 2.22. The largest absolute Gasteiger partial charge is 0.464 e. The maximum Gasteiger partial charge on any atom is 0.360 e. The highest BCUT2D eigenvalue weighted by Crippen LogP contribution is 2.29. The lowest BCUT2D eigenvalue weighted by Crippen LogP contribution is -2.08. The van der Waals surface area contributed by atoms with Gasteiger partial charge in [-0.2, -0.15) is 0 Å². The maximum absolute atomic E-state index is 11.6. The normalized spacial score (nSPS) is 10.4. The van der Waals surface area contributed by atoms with Crippen LogP contribution in [0.25, 0.3) is 5.69 Å². The zero-order valence-electron chi connectivity index (χ0n) is 11.2. The Kier molecular flexibility index (Phi) is 3.94. The number of hydrogen-bond donors (Lipinski definition) is 1. The smallest absolute Gasteiger partial charge is 0.360 e. The van der Waals surface area contributed by atoms with E-state index >= 15 is 0 Å². The fraction of sp³-hybridized carbons (Fsp3) is 0.167. The number of benzene rings is 1. The maximum atomic E-state index is 11.6. The van der Waals surface area contributed by atoms with E-state index in [1.807, 2.05) is 0 Å². The molecule has 9 heteroatoms. The van der Waals surface area contributed by atoms with Gasteiger partial charge in [-0.3, -0.25) is 14.7 Å². The van der Waals surface area contributed by atoms with Crippen LogP contribution in [0.2, 0.25) is 0 Å². The summed E-state index contributed by atoms with van der Waals surface area (Å²) in [6.07, 6.45) is 0. The van der Waals surface area contributed by atoms with Gasteiger partial charge in [0.15, 0.2) is 5.69 Å². The number of nitro groups is 1. The summed E-state index contributed by atoms with van der Waals surface area (Å²) < 4.78 is 6.39. The summed E-state index contributed by atoms with van der Waals surface area (Å²) in [6, 6.07) is 4.50. The summed E-state index contributed by atoms with van der Waals surface area (Å²) >= 11 is 3.11. The van der Waals surface area contributed by atoms with Crippen molar-refractivity contribution in [2.24, 2.45) is 0 Å². The van der Waals surface area contributed by atoms with Crippen molar-refractivity contribution in [3.8, 4) is 5.69 Å². The van der Waals surface area contributed by atoms with E-state index in [2.05, 4.69) is 25.7 Å². The van der Waals surface area contributed by atoms with E-state index in [1.165, 1.54) is 23.8 Å². The van der Waals surface area contributed by atoms with E-state index in [-0.39, 0.29) is 17.2 Å². The van der Waals surface area contributed by atoms with Gasteiger partial charge in [0.1, 0.15) is 11.6 Å². The molecule has 2 N–H and O–H groups in total. The quantitative estimate of drug-likeness (QED) is 0.513. The van der Waals surface area contributed by atoms with Crippen molar-refractivity contribution < 1.29 is 14.5 Å². The summed E-state index contributed by atoms with van der Waals surface area (Å²) in [5.74, 6) is -0.179. The minimum Gasteiger partial charge on any atom is -0.464 e. The molecule has 1 heterocycles. The number of anilines is 1. The zero-order valence-corrected chi connectivity index (χ0v) is 12.7. The van der Waals surface area contributed by atoms with E-state index in [9.17, 15) is 14.9 Å². The van der Waals surface area contributed by atoms with Gasteiger partial charge >= 0.3 is 5.97 Å². The van der Waals surface area contributed by atoms with Crippen molar-refractivity contribution in [2.75, 3.05) is 12.8 Å². The number of esters is 1. The van der Waals surface area contributed by atoms with Crippen LogP contribution in [0.1, 0.15) is 16.3 Å². The second kappa shape index (κ2) is 5.52. The van der Waals surface area contributed by atoms with Crippen molar-refractivity contribution >= 4 is 33.4 Å². The monoisotopic (exact) mass is 354 g/mol. The average molecular weight is 355 g/mol. The molecule has 0 aliphatic rings. The number of carbonyl (C=O) groups excluding carboxylic acids is 1. The van der Waals surface area contributed by atoms with Gasteiger partial charge in [0, 0.05) is 6.07 Å². The van der Waals surface area contributed by atoms with Gasteiger partial charge in [-0.1, -0.05) is 0 Å². The lowest BCUT2D eigenvalue weighted by molar-refractivity contribution is -0.385. The molecular weight excluding hydrogens is 344 g/mol. The molecule has 0 atom stereocenters. The summed E-state index contributed by atoms with van der Waals surface area (Å²) in [6.45, 7) is 1.64. The van der Waals surface area contributed by atoms with Crippen LogP contribution in [0.3, 0.4) is 0 Å². The first-order chi connectivity index (χ1) is 9.86. The molecule has 0 radical (unpaired) electrons. The van der Waals surface area contributed by atoms with Crippen molar-refractivity contribution in [1.29, 1.82) is 0 Å². The molecule has 0 amide bonds. The summed E-state index contributed by atoms with van der Waals surface area (Å²) in [4.78, 5) is 26.1. The first kappa shape index (κ1) is 15.0. The van der Waals surface area contributed by atoms with Crippen molar-refractivity contribution in [3.05, 3.63) is 44.3 Å². The number of nitrogens with two attached hydrogens (primary N) is 1. The van der Waals surface area contributed by atoms with Gasteiger partial charge in [0.25, 0.3) is 5.69 Å². The molecule has 0 spiro atoms. The predicted molar refractivity (Wildman–Crippen MR) is 78.4 cm³/mol. The molecule has 0 aliphatic carbocycles. The third-order valence-corrected chi connectivity index (χ3v) is 3.51. The van der Waals surface area contributed by atoms with E-state index in [4.69, 9.17) is 5.73 Å². The SMILES string of the molecule is COC(=O)c1nc(C)n(-c2ccc(Br)c([N+](=O)[O-])c2)c1N. The lowest BCUT2D eigenvalue weighted by atomic mass is 10.2. The van der Waals surface area contributed by atoms with Crippen LogP contribution in [0, 0.1) is 17.0 Å². The number of ether oxygens (including phenoxy) is 1. The highest BCUT2D eigenvalue weighted by molar-refractivity contribution is 9.10. The number of halogens is 1. The predicted octanol–water partition coefficient (Wildman–Crippen LogP) is 2.22. The second-order valence-corrected chi connectivity index (χ2v) is 4.97. The third-order valence-electron chi connectivity index (χ3n) is 2.84. The molecule has 0 aliphatic heterocycles. The van der Waals surface area contributed by atoms with Crippen LogP contribution in [0.5, 0.6) is 0 Å². The van der Waals surface area contributed by atoms with Gasteiger partial charge in [-0.05, 0) is 35.0 Å². The molecule has 2 aromatic rings. The average Bonchev–Trinajstić information content (AvgIpc) is 2.74. The molecule has 2 rings (SSSR count). The Morgan fingerprint density at radius 3 is 2.76 bits per heavy atom. The first-order valence-electron chi connectivity index (χ1n) is 5.74. The molecule has 1 aromatic heterocycles. The summed E-state index contributed by atoms with van der Waals surface area (Å²) in [5, 5.41) is 11.0. The molecule has 0 bridgehead atoms. The molecule has 0 saturated carbocycles. The minimum atomic E-state index is -0.666. The lowest BCUT2D eigenvalue weighted by Gasteiger charge is -2.08. The number of aromatic nitrogens is 2. The number of carbonyl (C=O) groups is 1. The van der Waals surface area contributed by atoms with E-state index in [1.54, 1.807) is 13.0 Å². The van der Waals surface area contributed by atoms with Crippen LogP contribution < -0.4 is 5.73 Å². The van der Waals surface area contributed by atoms with E-state index < -0.39 is 10.9 Å². The number of nitrogen functional groups attached to an aromatic ring is 1. The Morgan fingerprint density at radius 1 is 1.52 bits per heavy atom. The van der Waals surface area contributed by atoms with Crippen molar-refractivity contribution in [3.63, 3.8) is 0 Å². The standard InChI is InChI=1S/C12H11BrN4O4/c1-6-15-10(12(18)21-2)11(14)16(6)7-3-4-8(13)9(5-7)17(19)20/h3-5H,14H2,1-2H3. The number of hydrogen-bond acceptors (Lipinski definition) is 6. The Hall–Kier alpha value is -2.42. The van der Waals surface area contributed by atoms with Crippen LogP contribution in [-0.2, 0) is 4.74 Å². The molecular formula is C12H11BrN4O4. The van der Waals surface area contributed by atoms with E-state index in [0.29, 0.717) is 16.0 Å². The molecule has 0 fully saturated rings. The number of methoxy groups -OCH3 is 1. The van der Waals surface area contributed by atoms with Crippen LogP contribution >= 0.6 is 15.9 Å². The zero-order chi connectivity index (χ0) is 15.7. The number of imidazole rings is 1. The number of nitrogens with zero attached hydrogens (tertiary/aromatic N) is 3. The minimum absolute atomic E-state index is 0.0272. The molecule has 0 unspecified atom stereocenters. The molecule has 0 saturated heterocycles. The number of aryl methyl sites for hydroxylation is 1. The molecule has 21 heavy (non-hydrogen) atoms. The summed E-state index contributed by atoms with van der Waals surface area (Å²) in [5.41, 5.74) is 6.19. The topological polar surface area (TPSA) is 113 Å². The Bertz CT molecular complexity index is 741. The Balaban J connectivity index is 2.63. The van der Waals surface area contributed by atoms with Gasteiger partial charge in [0.2, 0.25) is 0 Å². The van der Waals surface area contributed by atoms with Crippen LogP contribution in [-0.4, -0.2) is 27.6 Å². The second-order valence-electron chi connectivity index (χ2n) is 4.11. The van der Waals surface area contributed by atoms with Gasteiger partial charge in [0.05, 0.1) is 22.2 Å². The Morgan fingerprint density at radius 2 is 2.19 bits per heavy atom. The number of rotatable bonds is 3. The van der Waals surface area contributed by atoms with Crippen molar-refractivity contribution in [2.45, 2.75) is 6.92 Å². The third kappa shape index (κ3) is 2.59. The van der Waals surface area contributed by atoms with Gasteiger partial charge in [-0.15, -0.1) is 0 Å². The fourth-order valence-electron chi connectivity index (χ4n) is 1.90. The van der Waals surface area contributed by atoms with Gasteiger partial charge < -0.3 is 10.5 Å². The van der Waals surface area contributed by atoms with Crippen LogP contribution in [0.4, 0.5) is 11.5 Å².